The van der Waals surface area contributed by atoms with Gasteiger partial charge in [-0.05, 0) is 34.7 Å². The minimum Gasteiger partial charge on any atom is -0.379 e. The number of nitrogens with zero attached hydrogens (tertiary/aromatic N) is 2. The lowest BCUT2D eigenvalue weighted by atomic mass is 9.78. The highest BCUT2D eigenvalue weighted by molar-refractivity contribution is 7.87. The van der Waals surface area contributed by atoms with E-state index in [9.17, 15) is 8.42 Å². The maximum absolute atomic E-state index is 13.2. The first kappa shape index (κ1) is 20.4. The minimum atomic E-state index is -4.06. The molecule has 1 aliphatic heterocycles. The largest absolute Gasteiger partial charge is 0.379 e. The van der Waals surface area contributed by atoms with Crippen LogP contribution in [-0.2, 0) is 22.1 Å². The van der Waals surface area contributed by atoms with Crippen LogP contribution in [0.2, 0.25) is 0 Å². The Morgan fingerprint density at radius 2 is 1.44 bits per heavy atom. The quantitative estimate of drug-likeness (QED) is 0.330. The Kier molecular flexibility index (Phi) is 4.82. The molecule has 0 unspecified atom stereocenters. The molecule has 0 radical (unpaired) electrons. The zero-order chi connectivity index (χ0) is 22.3. The molecule has 6 heteroatoms. The predicted molar refractivity (Wildman–Crippen MR) is 125 cm³/mol. The van der Waals surface area contributed by atoms with E-state index in [2.05, 4.69) is 36.2 Å². The molecule has 1 heterocycles. The van der Waals surface area contributed by atoms with Crippen molar-refractivity contribution in [2.75, 3.05) is 0 Å². The van der Waals surface area contributed by atoms with Gasteiger partial charge in [-0.25, -0.2) is 0 Å². The predicted octanol–water partition coefficient (Wildman–Crippen LogP) is 6.53. The molecule has 32 heavy (non-hydrogen) atoms. The fourth-order valence-electron chi connectivity index (χ4n) is 4.15. The topological polar surface area (TPSA) is 68.1 Å². The molecular weight excluding hydrogens is 420 g/mol. The summed E-state index contributed by atoms with van der Waals surface area (Å²) in [6.07, 6.45) is 0. The van der Waals surface area contributed by atoms with Crippen LogP contribution in [0.4, 0.5) is 5.69 Å². The van der Waals surface area contributed by atoms with Gasteiger partial charge in [-0.1, -0.05) is 80.6 Å². The summed E-state index contributed by atoms with van der Waals surface area (Å²) in [5.41, 5.74) is 3.54. The van der Waals surface area contributed by atoms with Crippen molar-refractivity contribution in [3.05, 3.63) is 102 Å². The van der Waals surface area contributed by atoms with Crippen molar-refractivity contribution in [1.82, 2.24) is 0 Å². The van der Waals surface area contributed by atoms with Crippen LogP contribution in [0.25, 0.3) is 10.8 Å². The summed E-state index contributed by atoms with van der Waals surface area (Å²) in [4.78, 5) is 0.0985. The third-order valence-corrected chi connectivity index (χ3v) is 7.34. The molecule has 0 atom stereocenters. The number of fused-ring (bicyclic) bond motifs is 3. The molecule has 0 N–H and O–H groups in total. The highest BCUT2D eigenvalue weighted by atomic mass is 32.2. The number of azo groups is 1. The highest BCUT2D eigenvalue weighted by Gasteiger charge is 2.26. The van der Waals surface area contributed by atoms with Crippen LogP contribution in [0.1, 0.15) is 30.5 Å². The van der Waals surface area contributed by atoms with Crippen LogP contribution >= 0.6 is 0 Å². The van der Waals surface area contributed by atoms with Crippen molar-refractivity contribution in [3.63, 3.8) is 0 Å². The van der Waals surface area contributed by atoms with Crippen LogP contribution in [0, 0.1) is 0 Å². The Bertz CT molecular complexity index is 1440. The maximum Gasteiger partial charge on any atom is 0.339 e. The Labute approximate surface area is 187 Å². The van der Waals surface area contributed by atoms with Gasteiger partial charge in [0.1, 0.15) is 10.6 Å². The molecule has 0 aliphatic carbocycles. The smallest absolute Gasteiger partial charge is 0.339 e. The van der Waals surface area contributed by atoms with E-state index >= 15 is 0 Å². The SMILES string of the molecule is CC(C)(c1ccccc1)c1ccc(OS(=O)(=O)c2cc3c(c4ccccc24)CN=N3)cc1. The van der Waals surface area contributed by atoms with Crippen LogP contribution in [0.5, 0.6) is 5.75 Å². The van der Waals surface area contributed by atoms with Gasteiger partial charge < -0.3 is 4.18 Å². The molecule has 0 aromatic heterocycles. The van der Waals surface area contributed by atoms with E-state index in [4.69, 9.17) is 4.18 Å². The Morgan fingerprint density at radius 1 is 0.812 bits per heavy atom. The van der Waals surface area contributed by atoms with Gasteiger partial charge in [0, 0.05) is 16.4 Å². The summed E-state index contributed by atoms with van der Waals surface area (Å²) in [6.45, 7) is 4.73. The van der Waals surface area contributed by atoms with Crippen LogP contribution in [0.15, 0.2) is 100 Å². The summed E-state index contributed by atoms with van der Waals surface area (Å²) < 4.78 is 32.0. The first-order valence-corrected chi connectivity index (χ1v) is 11.8. The van der Waals surface area contributed by atoms with Crippen molar-refractivity contribution in [1.29, 1.82) is 0 Å². The molecule has 4 aromatic rings. The van der Waals surface area contributed by atoms with Gasteiger partial charge in [0.15, 0.2) is 0 Å². The van der Waals surface area contributed by atoms with Gasteiger partial charge >= 0.3 is 10.1 Å². The van der Waals surface area contributed by atoms with Crippen molar-refractivity contribution in [2.45, 2.75) is 30.7 Å². The highest BCUT2D eigenvalue weighted by Crippen LogP contribution is 2.39. The molecule has 0 saturated heterocycles. The van der Waals surface area contributed by atoms with E-state index in [1.54, 1.807) is 24.3 Å². The van der Waals surface area contributed by atoms with Crippen molar-refractivity contribution in [3.8, 4) is 5.75 Å². The van der Waals surface area contributed by atoms with E-state index < -0.39 is 10.1 Å². The number of hydrogen-bond acceptors (Lipinski definition) is 5. The Morgan fingerprint density at radius 3 is 2.16 bits per heavy atom. The van der Waals surface area contributed by atoms with Crippen LogP contribution < -0.4 is 4.18 Å². The Balaban J connectivity index is 1.49. The third kappa shape index (κ3) is 3.46. The lowest BCUT2D eigenvalue weighted by Gasteiger charge is -2.26. The standard InChI is InChI=1S/C26H22N2O3S/c1-26(2,18-8-4-3-5-9-18)19-12-14-20(15-13-19)31-32(29,30)25-16-24-23(17-27-28-24)21-10-6-7-11-22(21)25/h3-16H,17H2,1-2H3. The second kappa shape index (κ2) is 7.57. The van der Waals surface area contributed by atoms with Gasteiger partial charge in [0.25, 0.3) is 0 Å². The maximum atomic E-state index is 13.2. The second-order valence-electron chi connectivity index (χ2n) is 8.37. The molecule has 4 aromatic carbocycles. The number of hydrogen-bond donors (Lipinski definition) is 0. The summed E-state index contributed by atoms with van der Waals surface area (Å²) in [7, 11) is -4.06. The van der Waals surface area contributed by atoms with Crippen molar-refractivity contribution >= 4 is 26.6 Å². The fourth-order valence-corrected chi connectivity index (χ4v) is 5.31. The fraction of sp³-hybridized carbons (Fsp3) is 0.154. The summed E-state index contributed by atoms with van der Waals surface area (Å²) in [5.74, 6) is 0.267. The lowest BCUT2D eigenvalue weighted by molar-refractivity contribution is 0.486. The minimum absolute atomic E-state index is 0.0985. The summed E-state index contributed by atoms with van der Waals surface area (Å²) in [6, 6.07) is 26.4. The molecule has 0 bridgehead atoms. The van der Waals surface area contributed by atoms with E-state index in [0.717, 1.165) is 16.5 Å². The molecule has 5 rings (SSSR count). The molecular formula is C26H22N2O3S. The molecule has 0 spiro atoms. The van der Waals surface area contributed by atoms with E-state index in [0.29, 0.717) is 17.6 Å². The first-order chi connectivity index (χ1) is 15.4. The first-order valence-electron chi connectivity index (χ1n) is 10.4. The van der Waals surface area contributed by atoms with Gasteiger partial charge in [-0.3, -0.25) is 0 Å². The second-order valence-corrected chi connectivity index (χ2v) is 9.89. The molecule has 0 saturated carbocycles. The van der Waals surface area contributed by atoms with Gasteiger partial charge in [0.2, 0.25) is 0 Å². The lowest BCUT2D eigenvalue weighted by Crippen LogP contribution is -2.18. The zero-order valence-corrected chi connectivity index (χ0v) is 18.6. The molecule has 0 amide bonds. The molecule has 160 valence electrons. The van der Waals surface area contributed by atoms with E-state index in [1.165, 1.54) is 5.56 Å². The summed E-state index contributed by atoms with van der Waals surface area (Å²) in [5, 5.41) is 9.60. The van der Waals surface area contributed by atoms with Gasteiger partial charge in [-0.2, -0.15) is 18.6 Å². The molecule has 1 aliphatic rings. The van der Waals surface area contributed by atoms with Crippen LogP contribution in [-0.4, -0.2) is 8.42 Å². The van der Waals surface area contributed by atoms with Gasteiger partial charge in [0.05, 0.1) is 12.2 Å². The normalized spacial score (nSPS) is 13.3. The molecule has 5 nitrogen and oxygen atoms in total. The van der Waals surface area contributed by atoms with Gasteiger partial charge in [-0.15, -0.1) is 0 Å². The number of rotatable bonds is 5. The van der Waals surface area contributed by atoms with Crippen LogP contribution in [0.3, 0.4) is 0 Å². The number of benzene rings is 4. The van der Waals surface area contributed by atoms with E-state index in [1.807, 2.05) is 48.5 Å². The third-order valence-electron chi connectivity index (χ3n) is 6.05. The average Bonchev–Trinajstić information content (AvgIpc) is 3.28. The van der Waals surface area contributed by atoms with Crippen molar-refractivity contribution in [2.24, 2.45) is 10.2 Å². The molecule has 0 fully saturated rings. The van der Waals surface area contributed by atoms with Crippen molar-refractivity contribution < 1.29 is 12.6 Å². The van der Waals surface area contributed by atoms with E-state index in [-0.39, 0.29) is 16.1 Å². The monoisotopic (exact) mass is 442 g/mol. The summed E-state index contributed by atoms with van der Waals surface area (Å²) >= 11 is 0. The average molecular weight is 443 g/mol. The zero-order valence-electron chi connectivity index (χ0n) is 17.8. The Hall–Kier alpha value is -3.51.